The molecular formula is C8H5ClFNO. The van der Waals surface area contributed by atoms with Gasteiger partial charge in [-0.2, -0.15) is 4.99 Å². The summed E-state index contributed by atoms with van der Waals surface area (Å²) < 4.78 is 12.4. The van der Waals surface area contributed by atoms with Gasteiger partial charge in [0.05, 0.1) is 0 Å². The van der Waals surface area contributed by atoms with Crippen molar-refractivity contribution in [1.82, 2.24) is 0 Å². The van der Waals surface area contributed by atoms with E-state index in [-0.39, 0.29) is 5.82 Å². The molecule has 0 fully saturated rings. The lowest BCUT2D eigenvalue weighted by Gasteiger charge is -2.00. The second-order valence-electron chi connectivity index (χ2n) is 2.11. The minimum Gasteiger partial charge on any atom is -0.211 e. The summed E-state index contributed by atoms with van der Waals surface area (Å²) in [7, 11) is 0. The predicted octanol–water partition coefficient (Wildman–Crippen LogP) is 2.40. The summed E-state index contributed by atoms with van der Waals surface area (Å²) >= 11 is 5.61. The van der Waals surface area contributed by atoms with Gasteiger partial charge in [0.2, 0.25) is 6.08 Å². The van der Waals surface area contributed by atoms with E-state index in [0.717, 1.165) is 0 Å². The molecule has 0 aliphatic rings. The van der Waals surface area contributed by atoms with E-state index in [0.29, 0.717) is 5.56 Å². The van der Waals surface area contributed by atoms with Gasteiger partial charge in [-0.15, -0.1) is 0 Å². The summed E-state index contributed by atoms with van der Waals surface area (Å²) in [6, 6.07) is 5.44. The van der Waals surface area contributed by atoms with Gasteiger partial charge in [0.25, 0.3) is 0 Å². The molecule has 4 heteroatoms. The van der Waals surface area contributed by atoms with E-state index in [1.54, 1.807) is 0 Å². The van der Waals surface area contributed by atoms with Gasteiger partial charge in [0.1, 0.15) is 5.82 Å². The third-order valence-electron chi connectivity index (χ3n) is 1.31. The maximum absolute atomic E-state index is 12.4. The summed E-state index contributed by atoms with van der Waals surface area (Å²) in [6.45, 7) is 0. The summed E-state index contributed by atoms with van der Waals surface area (Å²) in [5.41, 5.74) is -0.204. The Balaban J connectivity index is 2.89. The van der Waals surface area contributed by atoms with Crippen LogP contribution in [0.1, 0.15) is 11.1 Å². The van der Waals surface area contributed by atoms with Gasteiger partial charge < -0.3 is 0 Å². The zero-order valence-corrected chi connectivity index (χ0v) is 6.75. The van der Waals surface area contributed by atoms with Gasteiger partial charge in [-0.05, 0) is 17.7 Å². The van der Waals surface area contributed by atoms with Gasteiger partial charge in [-0.1, -0.05) is 23.7 Å². The highest BCUT2D eigenvalue weighted by Gasteiger charge is 2.04. The molecule has 0 aliphatic heterocycles. The molecule has 0 amide bonds. The minimum absolute atomic E-state index is 0.349. The molecule has 62 valence electrons. The van der Waals surface area contributed by atoms with Crippen LogP contribution in [0, 0.1) is 5.82 Å². The Morgan fingerprint density at radius 3 is 2.50 bits per heavy atom. The Hall–Kier alpha value is -1.18. The van der Waals surface area contributed by atoms with Crippen molar-refractivity contribution < 1.29 is 9.18 Å². The lowest BCUT2D eigenvalue weighted by atomic mass is 10.2. The van der Waals surface area contributed by atoms with E-state index in [9.17, 15) is 9.18 Å². The fourth-order valence-corrected chi connectivity index (χ4v) is 0.928. The number of carbonyl (C=O) groups excluding carboxylic acids is 1. The first kappa shape index (κ1) is 8.91. The number of alkyl halides is 1. The molecule has 0 radical (unpaired) electrons. The Kier molecular flexibility index (Phi) is 2.97. The molecule has 1 unspecified atom stereocenters. The van der Waals surface area contributed by atoms with Crippen LogP contribution in [0.5, 0.6) is 0 Å². The SMILES string of the molecule is O=C=NC(Cl)c1ccc(F)cc1. The van der Waals surface area contributed by atoms with Crippen molar-refractivity contribution in [3.8, 4) is 0 Å². The molecule has 0 aliphatic carbocycles. The van der Waals surface area contributed by atoms with E-state index in [1.807, 2.05) is 0 Å². The molecule has 1 rings (SSSR count). The number of hydrogen-bond donors (Lipinski definition) is 0. The first-order chi connectivity index (χ1) is 5.74. The monoisotopic (exact) mass is 185 g/mol. The number of benzene rings is 1. The summed E-state index contributed by atoms with van der Waals surface area (Å²) in [4.78, 5) is 13.1. The van der Waals surface area contributed by atoms with E-state index in [4.69, 9.17) is 11.6 Å². The third kappa shape index (κ3) is 2.16. The van der Waals surface area contributed by atoms with Crippen LogP contribution in [0.3, 0.4) is 0 Å². The molecule has 2 nitrogen and oxygen atoms in total. The van der Waals surface area contributed by atoms with Crippen molar-refractivity contribution in [2.75, 3.05) is 0 Å². The van der Waals surface area contributed by atoms with Crippen molar-refractivity contribution >= 4 is 17.7 Å². The van der Waals surface area contributed by atoms with E-state index in [2.05, 4.69) is 4.99 Å². The predicted molar refractivity (Wildman–Crippen MR) is 43.1 cm³/mol. The fraction of sp³-hybridized carbons (Fsp3) is 0.125. The fourth-order valence-electron chi connectivity index (χ4n) is 0.742. The maximum Gasteiger partial charge on any atom is 0.236 e. The number of isocyanates is 1. The van der Waals surface area contributed by atoms with Crippen molar-refractivity contribution in [1.29, 1.82) is 0 Å². The molecule has 0 bridgehead atoms. The number of rotatable bonds is 2. The highest BCUT2D eigenvalue weighted by molar-refractivity contribution is 6.20. The number of halogens is 2. The molecule has 0 N–H and O–H groups in total. The molecule has 1 aromatic rings. The van der Waals surface area contributed by atoms with E-state index >= 15 is 0 Å². The van der Waals surface area contributed by atoms with Crippen molar-refractivity contribution in [2.24, 2.45) is 4.99 Å². The maximum atomic E-state index is 12.4. The Morgan fingerprint density at radius 1 is 1.42 bits per heavy atom. The van der Waals surface area contributed by atoms with Crippen LogP contribution in [0.2, 0.25) is 0 Å². The Bertz CT molecular complexity index is 305. The average Bonchev–Trinajstić information content (AvgIpc) is 2.06. The normalized spacial score (nSPS) is 11.8. The quantitative estimate of drug-likeness (QED) is 0.301. The molecule has 0 saturated carbocycles. The van der Waals surface area contributed by atoms with Crippen LogP contribution in [0.25, 0.3) is 0 Å². The van der Waals surface area contributed by atoms with Crippen LogP contribution in [-0.4, -0.2) is 6.08 Å². The van der Waals surface area contributed by atoms with Gasteiger partial charge in [-0.25, -0.2) is 9.18 Å². The summed E-state index contributed by atoms with van der Waals surface area (Å²) in [5.74, 6) is -0.349. The first-order valence-electron chi connectivity index (χ1n) is 3.20. The van der Waals surface area contributed by atoms with Gasteiger partial charge >= 0.3 is 0 Å². The highest BCUT2D eigenvalue weighted by Crippen LogP contribution is 2.20. The van der Waals surface area contributed by atoms with Gasteiger partial charge in [0.15, 0.2) is 5.50 Å². The molecular weight excluding hydrogens is 181 g/mol. The largest absolute Gasteiger partial charge is 0.236 e. The zero-order chi connectivity index (χ0) is 8.97. The highest BCUT2D eigenvalue weighted by atomic mass is 35.5. The van der Waals surface area contributed by atoms with Crippen LogP contribution >= 0.6 is 11.6 Å². The molecule has 0 spiro atoms. The smallest absolute Gasteiger partial charge is 0.211 e. The third-order valence-corrected chi connectivity index (χ3v) is 1.66. The average molecular weight is 186 g/mol. The van der Waals surface area contributed by atoms with Gasteiger partial charge in [0, 0.05) is 0 Å². The number of hydrogen-bond acceptors (Lipinski definition) is 2. The first-order valence-corrected chi connectivity index (χ1v) is 3.64. The van der Waals surface area contributed by atoms with Crippen molar-refractivity contribution in [3.05, 3.63) is 35.6 Å². The van der Waals surface area contributed by atoms with Crippen molar-refractivity contribution in [2.45, 2.75) is 5.50 Å². The van der Waals surface area contributed by atoms with Crippen LogP contribution < -0.4 is 0 Å². The van der Waals surface area contributed by atoms with Crippen LogP contribution in [0.15, 0.2) is 29.3 Å². The number of nitrogens with zero attached hydrogens (tertiary/aromatic N) is 1. The second kappa shape index (κ2) is 4.00. The summed E-state index contributed by atoms with van der Waals surface area (Å²) in [6.07, 6.45) is 1.33. The van der Waals surface area contributed by atoms with Crippen LogP contribution in [0.4, 0.5) is 4.39 Å². The Morgan fingerprint density at radius 2 is 2.00 bits per heavy atom. The lowest BCUT2D eigenvalue weighted by molar-refractivity contribution is 0.562. The van der Waals surface area contributed by atoms with Crippen LogP contribution in [-0.2, 0) is 4.79 Å². The van der Waals surface area contributed by atoms with E-state index < -0.39 is 5.50 Å². The van der Waals surface area contributed by atoms with E-state index in [1.165, 1.54) is 30.3 Å². The Labute approximate surface area is 73.7 Å². The second-order valence-corrected chi connectivity index (χ2v) is 2.52. The zero-order valence-electron chi connectivity index (χ0n) is 6.00. The molecule has 12 heavy (non-hydrogen) atoms. The topological polar surface area (TPSA) is 29.4 Å². The standard InChI is InChI=1S/C8H5ClFNO/c9-8(11-5-12)6-1-3-7(10)4-2-6/h1-4,8H. The summed E-state index contributed by atoms with van der Waals surface area (Å²) in [5, 5.41) is 0. The minimum atomic E-state index is -0.775. The molecule has 0 aromatic heterocycles. The molecule has 0 saturated heterocycles. The molecule has 1 aromatic carbocycles. The number of aliphatic imine (C=N–C) groups is 1. The van der Waals surface area contributed by atoms with Crippen molar-refractivity contribution in [3.63, 3.8) is 0 Å². The molecule has 1 atom stereocenters. The molecule has 0 heterocycles. The lowest BCUT2D eigenvalue weighted by Crippen LogP contribution is -1.85. The van der Waals surface area contributed by atoms with Gasteiger partial charge in [-0.3, -0.25) is 0 Å².